The maximum absolute atomic E-state index is 10.7. The first-order valence-electron chi connectivity index (χ1n) is 6.01. The van der Waals surface area contributed by atoms with Crippen LogP contribution in [-0.4, -0.2) is 26.3 Å². The Labute approximate surface area is 120 Å². The Bertz CT molecular complexity index is 602. The van der Waals surface area contributed by atoms with Gasteiger partial charge in [0.05, 0.1) is 16.3 Å². The predicted molar refractivity (Wildman–Crippen MR) is 73.8 cm³/mol. The molecule has 0 atom stereocenters. The lowest BCUT2D eigenvalue weighted by atomic mass is 9.97. The monoisotopic (exact) mass is 293 g/mol. The third-order valence-corrected chi connectivity index (χ3v) is 3.36. The molecule has 7 heteroatoms. The Morgan fingerprint density at radius 2 is 2.10 bits per heavy atom. The lowest BCUT2D eigenvalue weighted by Gasteiger charge is -2.10. The van der Waals surface area contributed by atoms with Gasteiger partial charge >= 0.3 is 5.97 Å². The summed E-state index contributed by atoms with van der Waals surface area (Å²) in [6.07, 6.45) is 1.33. The average molecular weight is 293 g/mol. The summed E-state index contributed by atoms with van der Waals surface area (Å²) < 4.78 is 5.57. The van der Waals surface area contributed by atoms with Gasteiger partial charge in [-0.15, -0.1) is 10.2 Å². The van der Waals surface area contributed by atoms with E-state index in [4.69, 9.17) is 9.52 Å². The highest BCUT2D eigenvalue weighted by Gasteiger charge is 2.21. The molecule has 0 fully saturated rings. The summed E-state index contributed by atoms with van der Waals surface area (Å²) in [6.45, 7) is 6.01. The molecule has 2 aromatic heterocycles. The van der Waals surface area contributed by atoms with Crippen LogP contribution in [0, 0.1) is 0 Å². The smallest absolute Gasteiger partial charge is 0.337 e. The second kappa shape index (κ2) is 5.62. The SMILES string of the molecule is CC(C)(C)c1nnc(CSc2ccc(C(=O)O)cn2)o1. The van der Waals surface area contributed by atoms with Crippen molar-refractivity contribution in [2.75, 3.05) is 0 Å². The molecule has 0 aromatic carbocycles. The average Bonchev–Trinajstić information content (AvgIpc) is 2.85. The second-order valence-electron chi connectivity index (χ2n) is 5.23. The van der Waals surface area contributed by atoms with Gasteiger partial charge in [-0.3, -0.25) is 0 Å². The number of carboxylic acids is 1. The van der Waals surface area contributed by atoms with Crippen molar-refractivity contribution >= 4 is 17.7 Å². The third kappa shape index (κ3) is 3.57. The molecule has 2 aromatic rings. The van der Waals surface area contributed by atoms with E-state index in [1.54, 1.807) is 6.07 Å². The van der Waals surface area contributed by atoms with Crippen LogP contribution in [-0.2, 0) is 11.2 Å². The fourth-order valence-corrected chi connectivity index (χ4v) is 2.02. The number of rotatable bonds is 4. The molecule has 0 radical (unpaired) electrons. The predicted octanol–water partition coefficient (Wildman–Crippen LogP) is 2.75. The van der Waals surface area contributed by atoms with E-state index in [0.717, 1.165) is 0 Å². The Hall–Kier alpha value is -1.89. The van der Waals surface area contributed by atoms with Gasteiger partial charge in [-0.05, 0) is 12.1 Å². The highest BCUT2D eigenvalue weighted by molar-refractivity contribution is 7.98. The molecule has 0 saturated carbocycles. The highest BCUT2D eigenvalue weighted by Crippen LogP contribution is 2.24. The Balaban J connectivity index is 1.98. The molecule has 0 unspecified atom stereocenters. The molecule has 0 aliphatic carbocycles. The van der Waals surface area contributed by atoms with Crippen molar-refractivity contribution in [1.29, 1.82) is 0 Å². The first-order chi connectivity index (χ1) is 9.36. The molecule has 2 heterocycles. The number of carbonyl (C=O) groups is 1. The van der Waals surface area contributed by atoms with Gasteiger partial charge in [-0.2, -0.15) is 0 Å². The van der Waals surface area contributed by atoms with E-state index < -0.39 is 5.97 Å². The van der Waals surface area contributed by atoms with Crippen molar-refractivity contribution in [1.82, 2.24) is 15.2 Å². The molecule has 2 rings (SSSR count). The van der Waals surface area contributed by atoms with Gasteiger partial charge in [0.15, 0.2) is 0 Å². The summed E-state index contributed by atoms with van der Waals surface area (Å²) in [5.74, 6) is 0.648. The van der Waals surface area contributed by atoms with Crippen LogP contribution in [0.5, 0.6) is 0 Å². The zero-order chi connectivity index (χ0) is 14.8. The fourth-order valence-electron chi connectivity index (χ4n) is 1.34. The first kappa shape index (κ1) is 14.5. The van der Waals surface area contributed by atoms with Crippen LogP contribution in [0.25, 0.3) is 0 Å². The minimum Gasteiger partial charge on any atom is -0.478 e. The lowest BCUT2D eigenvalue weighted by molar-refractivity contribution is 0.0696. The van der Waals surface area contributed by atoms with Crippen molar-refractivity contribution in [3.63, 3.8) is 0 Å². The van der Waals surface area contributed by atoms with E-state index in [9.17, 15) is 4.79 Å². The number of carboxylic acid groups (broad SMARTS) is 1. The molecule has 0 aliphatic rings. The minimum atomic E-state index is -0.985. The Morgan fingerprint density at radius 1 is 1.35 bits per heavy atom. The zero-order valence-electron chi connectivity index (χ0n) is 11.5. The van der Waals surface area contributed by atoms with E-state index in [-0.39, 0.29) is 11.0 Å². The molecule has 106 valence electrons. The van der Waals surface area contributed by atoms with Gasteiger partial charge in [0, 0.05) is 11.6 Å². The Kier molecular flexibility index (Phi) is 4.08. The summed E-state index contributed by atoms with van der Waals surface area (Å²) in [4.78, 5) is 14.8. The number of nitrogens with zero attached hydrogens (tertiary/aromatic N) is 3. The number of thioether (sulfide) groups is 1. The van der Waals surface area contributed by atoms with Gasteiger partial charge in [-0.1, -0.05) is 32.5 Å². The van der Waals surface area contributed by atoms with E-state index in [1.807, 2.05) is 20.8 Å². The van der Waals surface area contributed by atoms with Crippen molar-refractivity contribution in [3.8, 4) is 0 Å². The van der Waals surface area contributed by atoms with Crippen molar-refractivity contribution < 1.29 is 14.3 Å². The number of aromatic carboxylic acids is 1. The van der Waals surface area contributed by atoms with Crippen LogP contribution in [0.1, 0.15) is 42.9 Å². The molecule has 0 spiro atoms. The van der Waals surface area contributed by atoms with Crippen LogP contribution in [0.4, 0.5) is 0 Å². The molecular formula is C13H15N3O3S. The molecule has 20 heavy (non-hydrogen) atoms. The minimum absolute atomic E-state index is 0.169. The molecule has 0 saturated heterocycles. The summed E-state index contributed by atoms with van der Waals surface area (Å²) in [7, 11) is 0. The third-order valence-electron chi connectivity index (χ3n) is 2.44. The van der Waals surface area contributed by atoms with Crippen molar-refractivity contribution in [3.05, 3.63) is 35.7 Å². The van der Waals surface area contributed by atoms with E-state index in [1.165, 1.54) is 24.0 Å². The van der Waals surface area contributed by atoms with Gasteiger partial charge < -0.3 is 9.52 Å². The second-order valence-corrected chi connectivity index (χ2v) is 6.23. The van der Waals surface area contributed by atoms with Crippen LogP contribution < -0.4 is 0 Å². The standard InChI is InChI=1S/C13H15N3O3S/c1-13(2,3)12-16-15-9(19-12)7-20-10-5-4-8(6-14-10)11(17)18/h4-6H,7H2,1-3H3,(H,17,18). The van der Waals surface area contributed by atoms with Crippen molar-refractivity contribution in [2.45, 2.75) is 37.0 Å². The van der Waals surface area contributed by atoms with Crippen molar-refractivity contribution in [2.24, 2.45) is 0 Å². The first-order valence-corrected chi connectivity index (χ1v) is 7.00. The van der Waals surface area contributed by atoms with Gasteiger partial charge in [-0.25, -0.2) is 9.78 Å². The molecule has 0 aliphatic heterocycles. The van der Waals surface area contributed by atoms with E-state index in [0.29, 0.717) is 22.6 Å². The number of aromatic nitrogens is 3. The summed E-state index contributed by atoms with van der Waals surface area (Å²) in [6, 6.07) is 3.18. The van der Waals surface area contributed by atoms with Crippen LogP contribution in [0.2, 0.25) is 0 Å². The largest absolute Gasteiger partial charge is 0.478 e. The molecule has 6 nitrogen and oxygen atoms in total. The highest BCUT2D eigenvalue weighted by atomic mass is 32.2. The topological polar surface area (TPSA) is 89.1 Å². The number of hydrogen-bond donors (Lipinski definition) is 1. The normalized spacial score (nSPS) is 11.6. The van der Waals surface area contributed by atoms with Gasteiger partial charge in [0.25, 0.3) is 0 Å². The summed E-state index contributed by atoms with van der Waals surface area (Å²) in [5, 5.41) is 17.5. The van der Waals surface area contributed by atoms with Gasteiger partial charge in [0.2, 0.25) is 11.8 Å². The van der Waals surface area contributed by atoms with E-state index in [2.05, 4.69) is 15.2 Å². The molecule has 1 N–H and O–H groups in total. The quantitative estimate of drug-likeness (QED) is 0.867. The van der Waals surface area contributed by atoms with E-state index >= 15 is 0 Å². The number of pyridine rings is 1. The number of hydrogen-bond acceptors (Lipinski definition) is 6. The fraction of sp³-hybridized carbons (Fsp3) is 0.385. The summed E-state index contributed by atoms with van der Waals surface area (Å²) >= 11 is 1.42. The van der Waals surface area contributed by atoms with Crippen LogP contribution >= 0.6 is 11.8 Å². The molecule has 0 bridgehead atoms. The maximum Gasteiger partial charge on any atom is 0.337 e. The lowest BCUT2D eigenvalue weighted by Crippen LogP contribution is -2.11. The zero-order valence-corrected chi connectivity index (χ0v) is 12.3. The maximum atomic E-state index is 10.7. The van der Waals surface area contributed by atoms with Gasteiger partial charge in [0.1, 0.15) is 0 Å². The van der Waals surface area contributed by atoms with Crippen LogP contribution in [0.3, 0.4) is 0 Å². The molecular weight excluding hydrogens is 278 g/mol. The summed E-state index contributed by atoms with van der Waals surface area (Å²) in [5.41, 5.74) is -0.000677. The molecule has 0 amide bonds. The Morgan fingerprint density at radius 3 is 2.60 bits per heavy atom. The van der Waals surface area contributed by atoms with Crippen LogP contribution in [0.15, 0.2) is 27.8 Å².